The molecule has 2 aromatic carbocycles. The van der Waals surface area contributed by atoms with Crippen LogP contribution in [0.3, 0.4) is 0 Å². The van der Waals surface area contributed by atoms with E-state index in [9.17, 15) is 9.59 Å². The van der Waals surface area contributed by atoms with E-state index in [4.69, 9.17) is 18.9 Å². The maximum atomic E-state index is 12.8. The molecule has 0 aliphatic carbocycles. The van der Waals surface area contributed by atoms with Crippen molar-refractivity contribution in [2.24, 2.45) is 0 Å². The molecule has 3 aromatic rings. The highest BCUT2D eigenvalue weighted by atomic mass is 32.1. The Labute approximate surface area is 203 Å². The van der Waals surface area contributed by atoms with Crippen molar-refractivity contribution >= 4 is 28.2 Å². The van der Waals surface area contributed by atoms with Crippen molar-refractivity contribution in [2.45, 2.75) is 26.7 Å². The molecule has 3 rings (SSSR count). The zero-order valence-electron chi connectivity index (χ0n) is 19.8. The number of rotatable bonds is 11. The third-order valence-electron chi connectivity index (χ3n) is 5.12. The van der Waals surface area contributed by atoms with Crippen LogP contribution in [0.1, 0.15) is 35.7 Å². The summed E-state index contributed by atoms with van der Waals surface area (Å²) in [6.07, 6.45) is 0.806. The molecule has 1 heterocycles. The summed E-state index contributed by atoms with van der Waals surface area (Å²) >= 11 is 1.28. The SMILES string of the molecule is CCOC(=O)c1c(-c2ccc(OC)c(OC)c2)csc1NC(=O)CCCOc1ccccc1C. The van der Waals surface area contributed by atoms with Crippen LogP contribution in [0.25, 0.3) is 11.1 Å². The molecule has 8 heteroatoms. The van der Waals surface area contributed by atoms with Gasteiger partial charge in [-0.05, 0) is 49.6 Å². The highest BCUT2D eigenvalue weighted by Gasteiger charge is 2.23. The molecular weight excluding hydrogens is 454 g/mol. The van der Waals surface area contributed by atoms with Crippen molar-refractivity contribution in [1.29, 1.82) is 0 Å². The fraction of sp³-hybridized carbons (Fsp3) is 0.308. The summed E-state index contributed by atoms with van der Waals surface area (Å²) in [4.78, 5) is 25.4. The molecule has 7 nitrogen and oxygen atoms in total. The van der Waals surface area contributed by atoms with Crippen molar-refractivity contribution in [3.05, 3.63) is 59.0 Å². The zero-order valence-corrected chi connectivity index (χ0v) is 20.6. The van der Waals surface area contributed by atoms with Gasteiger partial charge in [0, 0.05) is 17.4 Å². The molecular formula is C26H29NO6S. The molecule has 0 atom stereocenters. The fourth-order valence-electron chi connectivity index (χ4n) is 3.39. The summed E-state index contributed by atoms with van der Waals surface area (Å²) in [5, 5.41) is 5.14. The van der Waals surface area contributed by atoms with Gasteiger partial charge in [-0.2, -0.15) is 0 Å². The van der Waals surface area contributed by atoms with Crippen LogP contribution < -0.4 is 19.5 Å². The summed E-state index contributed by atoms with van der Waals surface area (Å²) < 4.78 is 21.7. The van der Waals surface area contributed by atoms with Crippen LogP contribution in [0.4, 0.5) is 5.00 Å². The van der Waals surface area contributed by atoms with E-state index in [-0.39, 0.29) is 18.9 Å². The van der Waals surface area contributed by atoms with Crippen molar-refractivity contribution in [2.75, 3.05) is 32.8 Å². The van der Waals surface area contributed by atoms with E-state index in [1.165, 1.54) is 11.3 Å². The Bertz CT molecular complexity index is 1140. The van der Waals surface area contributed by atoms with Crippen LogP contribution >= 0.6 is 11.3 Å². The molecule has 34 heavy (non-hydrogen) atoms. The van der Waals surface area contributed by atoms with Crippen LogP contribution in [-0.2, 0) is 9.53 Å². The number of hydrogen-bond acceptors (Lipinski definition) is 7. The molecule has 1 aromatic heterocycles. The molecule has 0 unspecified atom stereocenters. The number of methoxy groups -OCH3 is 2. The Morgan fingerprint density at radius 2 is 1.76 bits per heavy atom. The first-order chi connectivity index (χ1) is 16.5. The number of amides is 1. The summed E-state index contributed by atoms with van der Waals surface area (Å²) in [6, 6.07) is 13.1. The maximum absolute atomic E-state index is 12.8. The Balaban J connectivity index is 1.72. The Morgan fingerprint density at radius 1 is 1.00 bits per heavy atom. The molecule has 180 valence electrons. The number of esters is 1. The minimum atomic E-state index is -0.494. The maximum Gasteiger partial charge on any atom is 0.341 e. The first kappa shape index (κ1) is 25.1. The number of nitrogens with one attached hydrogen (secondary N) is 1. The minimum absolute atomic E-state index is 0.195. The first-order valence-corrected chi connectivity index (χ1v) is 11.9. The van der Waals surface area contributed by atoms with Crippen molar-refractivity contribution < 1.29 is 28.5 Å². The average molecular weight is 484 g/mol. The number of anilines is 1. The van der Waals surface area contributed by atoms with Gasteiger partial charge in [0.1, 0.15) is 16.3 Å². The third kappa shape index (κ3) is 6.08. The number of carbonyl (C=O) groups is 2. The smallest absolute Gasteiger partial charge is 0.341 e. The van der Waals surface area contributed by atoms with E-state index < -0.39 is 5.97 Å². The molecule has 0 radical (unpaired) electrons. The van der Waals surface area contributed by atoms with Gasteiger partial charge in [0.05, 0.1) is 27.4 Å². The minimum Gasteiger partial charge on any atom is -0.493 e. The van der Waals surface area contributed by atoms with Crippen LogP contribution in [0.2, 0.25) is 0 Å². The standard InChI is InChI=1S/C26H29NO6S/c1-5-32-26(29)24-19(18-12-13-21(30-3)22(15-18)31-4)16-34-25(24)27-23(28)11-8-14-33-20-10-7-6-9-17(20)2/h6-7,9-10,12-13,15-16H,5,8,11,14H2,1-4H3,(H,27,28). The molecule has 1 N–H and O–H groups in total. The molecule has 0 aliphatic rings. The van der Waals surface area contributed by atoms with E-state index >= 15 is 0 Å². The number of carbonyl (C=O) groups excluding carboxylic acids is 2. The number of hydrogen-bond donors (Lipinski definition) is 1. The second-order valence-corrected chi connectivity index (χ2v) is 8.29. The van der Waals surface area contributed by atoms with E-state index in [0.717, 1.165) is 16.9 Å². The number of benzene rings is 2. The molecule has 0 saturated heterocycles. The number of aryl methyl sites for hydroxylation is 1. The van der Waals surface area contributed by atoms with Crippen LogP contribution in [0.15, 0.2) is 47.8 Å². The second kappa shape index (κ2) is 12.1. The van der Waals surface area contributed by atoms with E-state index in [1.807, 2.05) is 42.6 Å². The number of para-hydroxylation sites is 1. The zero-order chi connectivity index (χ0) is 24.5. The molecule has 0 bridgehead atoms. The van der Waals surface area contributed by atoms with Gasteiger partial charge in [-0.25, -0.2) is 4.79 Å². The van der Waals surface area contributed by atoms with Crippen molar-refractivity contribution in [3.8, 4) is 28.4 Å². The largest absolute Gasteiger partial charge is 0.493 e. The van der Waals surface area contributed by atoms with Gasteiger partial charge >= 0.3 is 5.97 Å². The topological polar surface area (TPSA) is 83.1 Å². The van der Waals surface area contributed by atoms with Gasteiger partial charge in [-0.3, -0.25) is 4.79 Å². The second-order valence-electron chi connectivity index (χ2n) is 7.41. The van der Waals surface area contributed by atoms with E-state index in [0.29, 0.717) is 40.7 Å². The normalized spacial score (nSPS) is 10.5. The van der Waals surface area contributed by atoms with Gasteiger partial charge in [0.2, 0.25) is 5.91 Å². The Morgan fingerprint density at radius 3 is 2.47 bits per heavy atom. The lowest BCUT2D eigenvalue weighted by Gasteiger charge is -2.12. The van der Waals surface area contributed by atoms with Gasteiger partial charge in [0.15, 0.2) is 11.5 Å². The van der Waals surface area contributed by atoms with Crippen molar-refractivity contribution in [1.82, 2.24) is 0 Å². The Hall–Kier alpha value is -3.52. The first-order valence-electron chi connectivity index (χ1n) is 11.0. The monoisotopic (exact) mass is 483 g/mol. The highest BCUT2D eigenvalue weighted by Crippen LogP contribution is 2.39. The summed E-state index contributed by atoms with van der Waals surface area (Å²) in [5.41, 5.74) is 2.78. The van der Waals surface area contributed by atoms with Gasteiger partial charge in [-0.15, -0.1) is 11.3 Å². The van der Waals surface area contributed by atoms with Crippen molar-refractivity contribution in [3.63, 3.8) is 0 Å². The lowest BCUT2D eigenvalue weighted by Crippen LogP contribution is -2.15. The highest BCUT2D eigenvalue weighted by molar-refractivity contribution is 7.15. The summed E-state index contributed by atoms with van der Waals surface area (Å²) in [5.74, 6) is 1.25. The predicted octanol–water partition coefficient (Wildman–Crippen LogP) is 5.72. The van der Waals surface area contributed by atoms with E-state index in [1.54, 1.807) is 33.3 Å². The Kier molecular flexibility index (Phi) is 8.93. The third-order valence-corrected chi connectivity index (χ3v) is 6.01. The molecule has 1 amide bonds. The van der Waals surface area contributed by atoms with Gasteiger partial charge in [0.25, 0.3) is 0 Å². The molecule has 0 fully saturated rings. The van der Waals surface area contributed by atoms with Gasteiger partial charge < -0.3 is 24.3 Å². The lowest BCUT2D eigenvalue weighted by molar-refractivity contribution is -0.116. The fourth-order valence-corrected chi connectivity index (χ4v) is 4.37. The van der Waals surface area contributed by atoms with Crippen LogP contribution in [0, 0.1) is 6.92 Å². The summed E-state index contributed by atoms with van der Waals surface area (Å²) in [6.45, 7) is 4.37. The predicted molar refractivity (Wildman–Crippen MR) is 133 cm³/mol. The van der Waals surface area contributed by atoms with E-state index in [2.05, 4.69) is 5.32 Å². The van der Waals surface area contributed by atoms with Crippen LogP contribution in [-0.4, -0.2) is 39.3 Å². The quantitative estimate of drug-likeness (QED) is 0.278. The number of ether oxygens (including phenoxy) is 4. The molecule has 0 saturated carbocycles. The lowest BCUT2D eigenvalue weighted by atomic mass is 10.0. The average Bonchev–Trinajstić information content (AvgIpc) is 3.26. The van der Waals surface area contributed by atoms with Gasteiger partial charge in [-0.1, -0.05) is 24.3 Å². The summed E-state index contributed by atoms with van der Waals surface area (Å²) in [7, 11) is 3.11. The molecule has 0 aliphatic heterocycles. The molecule has 0 spiro atoms. The van der Waals surface area contributed by atoms with Crippen LogP contribution in [0.5, 0.6) is 17.2 Å². The number of thiophene rings is 1.